The van der Waals surface area contributed by atoms with Crippen molar-refractivity contribution in [1.82, 2.24) is 9.62 Å². The van der Waals surface area contributed by atoms with Gasteiger partial charge in [0, 0.05) is 16.8 Å². The fourth-order valence-corrected chi connectivity index (χ4v) is 5.45. The van der Waals surface area contributed by atoms with Crippen LogP contribution in [0, 0.1) is 0 Å². The maximum atomic E-state index is 12.9. The Bertz CT molecular complexity index is 750. The molecular formula is C15H18BrN3O3S2. The molecule has 0 spiro atoms. The highest BCUT2D eigenvalue weighted by Crippen LogP contribution is 2.26. The van der Waals surface area contributed by atoms with Crippen molar-refractivity contribution < 1.29 is 13.2 Å². The summed E-state index contributed by atoms with van der Waals surface area (Å²) in [6.45, 7) is 1.04. The first-order valence-electron chi connectivity index (χ1n) is 7.74. The molecule has 1 N–H and O–H groups in total. The molecule has 6 nitrogen and oxygen atoms in total. The van der Waals surface area contributed by atoms with Gasteiger partial charge in [0.15, 0.2) is 5.17 Å². The van der Waals surface area contributed by atoms with Gasteiger partial charge < -0.3 is 5.32 Å². The maximum absolute atomic E-state index is 12.9. The second-order valence-corrected chi connectivity index (χ2v) is 9.50. The average Bonchev–Trinajstić information content (AvgIpc) is 3.08. The topological polar surface area (TPSA) is 78.8 Å². The van der Waals surface area contributed by atoms with E-state index < -0.39 is 16.1 Å². The number of amides is 1. The molecule has 0 saturated carbocycles. The molecule has 0 aromatic heterocycles. The summed E-state index contributed by atoms with van der Waals surface area (Å²) < 4.78 is 28.0. The van der Waals surface area contributed by atoms with Crippen LogP contribution < -0.4 is 5.32 Å². The number of aliphatic imine (C=N–C) groups is 1. The third-order valence-corrected chi connectivity index (χ3v) is 7.33. The molecule has 2 aliphatic heterocycles. The average molecular weight is 432 g/mol. The van der Waals surface area contributed by atoms with E-state index in [2.05, 4.69) is 26.2 Å². The van der Waals surface area contributed by atoms with Gasteiger partial charge in [-0.1, -0.05) is 34.1 Å². The fourth-order valence-electron chi connectivity index (χ4n) is 2.80. The van der Waals surface area contributed by atoms with Crippen molar-refractivity contribution in [1.29, 1.82) is 0 Å². The van der Waals surface area contributed by atoms with Gasteiger partial charge in [0.05, 0.1) is 11.4 Å². The first-order chi connectivity index (χ1) is 11.5. The van der Waals surface area contributed by atoms with Gasteiger partial charge in [0.2, 0.25) is 15.9 Å². The molecule has 24 heavy (non-hydrogen) atoms. The third-order valence-electron chi connectivity index (χ3n) is 3.99. The molecule has 9 heteroatoms. The van der Waals surface area contributed by atoms with Crippen molar-refractivity contribution in [2.75, 3.05) is 18.8 Å². The lowest BCUT2D eigenvalue weighted by atomic mass is 10.0. The minimum atomic E-state index is -3.70. The van der Waals surface area contributed by atoms with E-state index in [1.807, 2.05) is 0 Å². The van der Waals surface area contributed by atoms with E-state index in [4.69, 9.17) is 0 Å². The summed E-state index contributed by atoms with van der Waals surface area (Å²) in [5.74, 6) is 0.560. The van der Waals surface area contributed by atoms with Gasteiger partial charge in [0.25, 0.3) is 0 Å². The van der Waals surface area contributed by atoms with E-state index in [9.17, 15) is 13.2 Å². The van der Waals surface area contributed by atoms with Crippen molar-refractivity contribution in [3.63, 3.8) is 0 Å². The van der Waals surface area contributed by atoms with Crippen molar-refractivity contribution in [2.45, 2.75) is 30.2 Å². The number of hydrogen-bond donors (Lipinski definition) is 1. The Morgan fingerprint density at radius 3 is 2.71 bits per heavy atom. The molecule has 1 aromatic carbocycles. The molecule has 0 aliphatic carbocycles. The lowest BCUT2D eigenvalue weighted by molar-refractivity contribution is -0.124. The number of amidine groups is 1. The molecule has 1 saturated heterocycles. The largest absolute Gasteiger partial charge is 0.304 e. The molecule has 3 rings (SSSR count). The van der Waals surface area contributed by atoms with E-state index in [1.165, 1.54) is 16.1 Å². The minimum absolute atomic E-state index is 0.206. The Labute approximate surface area is 154 Å². The standard InChI is InChI=1S/C15H18BrN3O3S2/c16-11-4-6-12(7-5-11)24(21,22)19-9-2-1-3-13(19)14(20)18-15-17-8-10-23-15/h4-7,13H,1-3,8-10H2,(H,17,18,20)/t13-/m1/s1. The molecule has 130 valence electrons. The summed E-state index contributed by atoms with van der Waals surface area (Å²) in [6, 6.07) is 5.81. The Morgan fingerprint density at radius 2 is 2.04 bits per heavy atom. The number of nitrogens with zero attached hydrogens (tertiary/aromatic N) is 2. The number of carbonyl (C=O) groups is 1. The minimum Gasteiger partial charge on any atom is -0.304 e. The number of halogens is 1. The zero-order valence-electron chi connectivity index (χ0n) is 12.9. The quantitative estimate of drug-likeness (QED) is 0.795. The summed E-state index contributed by atoms with van der Waals surface area (Å²) in [5, 5.41) is 3.36. The monoisotopic (exact) mass is 431 g/mol. The summed E-state index contributed by atoms with van der Waals surface area (Å²) in [5.41, 5.74) is 0. The van der Waals surface area contributed by atoms with Crippen LogP contribution in [0.3, 0.4) is 0 Å². The fraction of sp³-hybridized carbons (Fsp3) is 0.467. The molecular weight excluding hydrogens is 414 g/mol. The molecule has 1 aromatic rings. The number of hydrogen-bond acceptors (Lipinski definition) is 5. The number of benzene rings is 1. The molecule has 1 atom stereocenters. The van der Waals surface area contributed by atoms with Crippen molar-refractivity contribution >= 4 is 48.8 Å². The number of piperidine rings is 1. The maximum Gasteiger partial charge on any atom is 0.244 e. The Balaban J connectivity index is 1.83. The van der Waals surface area contributed by atoms with E-state index in [0.717, 1.165) is 23.1 Å². The van der Waals surface area contributed by atoms with E-state index in [1.54, 1.807) is 24.3 Å². The van der Waals surface area contributed by atoms with E-state index in [0.29, 0.717) is 24.7 Å². The summed E-state index contributed by atoms with van der Waals surface area (Å²) in [4.78, 5) is 17.0. The Kier molecular flexibility index (Phi) is 5.63. The highest BCUT2D eigenvalue weighted by Gasteiger charge is 2.38. The lowest BCUT2D eigenvalue weighted by Gasteiger charge is -2.33. The van der Waals surface area contributed by atoms with Gasteiger partial charge in [-0.25, -0.2) is 8.42 Å². The van der Waals surface area contributed by atoms with Crippen LogP contribution in [0.2, 0.25) is 0 Å². The zero-order valence-corrected chi connectivity index (χ0v) is 16.2. The smallest absolute Gasteiger partial charge is 0.244 e. The molecule has 0 radical (unpaired) electrons. The number of nitrogens with one attached hydrogen (secondary N) is 1. The second-order valence-electron chi connectivity index (χ2n) is 5.61. The first-order valence-corrected chi connectivity index (χ1v) is 11.0. The summed E-state index contributed by atoms with van der Waals surface area (Å²) in [6.07, 6.45) is 2.12. The van der Waals surface area contributed by atoms with Gasteiger partial charge in [-0.2, -0.15) is 4.31 Å². The SMILES string of the molecule is O=C(NC1=NCCS1)[C@H]1CCCCN1S(=O)(=O)c1ccc(Br)cc1. The number of sulfonamides is 1. The normalized spacial score (nSPS) is 22.2. The van der Waals surface area contributed by atoms with Crippen LogP contribution in [0.5, 0.6) is 0 Å². The van der Waals surface area contributed by atoms with Gasteiger partial charge in [-0.15, -0.1) is 0 Å². The van der Waals surface area contributed by atoms with Crippen molar-refractivity contribution in [3.05, 3.63) is 28.7 Å². The lowest BCUT2D eigenvalue weighted by Crippen LogP contribution is -2.52. The van der Waals surface area contributed by atoms with Crippen LogP contribution in [0.25, 0.3) is 0 Å². The predicted octanol–water partition coefficient (Wildman–Crippen LogP) is 2.21. The van der Waals surface area contributed by atoms with E-state index in [-0.39, 0.29) is 10.8 Å². The Morgan fingerprint density at radius 1 is 1.29 bits per heavy atom. The van der Waals surface area contributed by atoms with Gasteiger partial charge in [-0.05, 0) is 37.1 Å². The summed E-state index contributed by atoms with van der Waals surface area (Å²) in [7, 11) is -3.70. The molecule has 2 aliphatic rings. The van der Waals surface area contributed by atoms with Crippen molar-refractivity contribution in [2.24, 2.45) is 4.99 Å². The molecule has 0 bridgehead atoms. The highest BCUT2D eigenvalue weighted by molar-refractivity contribution is 9.10. The molecule has 1 fully saturated rings. The first kappa shape index (κ1) is 17.9. The van der Waals surface area contributed by atoms with Crippen LogP contribution in [-0.4, -0.2) is 48.7 Å². The van der Waals surface area contributed by atoms with Crippen molar-refractivity contribution in [3.8, 4) is 0 Å². The molecule has 0 unspecified atom stereocenters. The van der Waals surface area contributed by atoms with Crippen LogP contribution >= 0.6 is 27.7 Å². The van der Waals surface area contributed by atoms with Gasteiger partial charge in [-0.3, -0.25) is 9.79 Å². The third kappa shape index (κ3) is 3.84. The number of thioether (sulfide) groups is 1. The van der Waals surface area contributed by atoms with Gasteiger partial charge in [0.1, 0.15) is 6.04 Å². The van der Waals surface area contributed by atoms with Crippen LogP contribution in [0.15, 0.2) is 38.6 Å². The van der Waals surface area contributed by atoms with Crippen LogP contribution in [0.4, 0.5) is 0 Å². The van der Waals surface area contributed by atoms with E-state index >= 15 is 0 Å². The second kappa shape index (κ2) is 7.55. The molecule has 2 heterocycles. The van der Waals surface area contributed by atoms with Gasteiger partial charge >= 0.3 is 0 Å². The highest BCUT2D eigenvalue weighted by atomic mass is 79.9. The predicted molar refractivity (Wildman–Crippen MR) is 98.6 cm³/mol. The molecule has 1 amide bonds. The number of carbonyl (C=O) groups excluding carboxylic acids is 1. The Hall–Kier alpha value is -0.900. The van der Waals surface area contributed by atoms with Crippen LogP contribution in [0.1, 0.15) is 19.3 Å². The summed E-state index contributed by atoms with van der Waals surface area (Å²) >= 11 is 4.79. The zero-order chi connectivity index (χ0) is 17.2. The van der Waals surface area contributed by atoms with Crippen LogP contribution in [-0.2, 0) is 14.8 Å². The number of rotatable bonds is 3.